The van der Waals surface area contributed by atoms with Crippen molar-refractivity contribution in [2.24, 2.45) is 0 Å². The van der Waals surface area contributed by atoms with Crippen molar-refractivity contribution < 1.29 is 5.11 Å². The highest BCUT2D eigenvalue weighted by Gasteiger charge is 2.25. The number of hydrogen-bond donors (Lipinski definition) is 1. The van der Waals surface area contributed by atoms with Gasteiger partial charge in [-0.3, -0.25) is 9.88 Å². The molecule has 0 bridgehead atoms. The van der Waals surface area contributed by atoms with Gasteiger partial charge in [-0.25, -0.2) is 9.97 Å². The zero-order valence-corrected chi connectivity index (χ0v) is 13.9. The van der Waals surface area contributed by atoms with Gasteiger partial charge in [0.15, 0.2) is 5.82 Å². The van der Waals surface area contributed by atoms with E-state index in [1.54, 1.807) is 12.4 Å². The molecule has 2 aromatic rings. The molecule has 2 aromatic heterocycles. The van der Waals surface area contributed by atoms with Gasteiger partial charge in [-0.2, -0.15) is 0 Å². The fraction of sp³-hybridized carbons (Fsp3) is 0.500. The molecule has 0 unspecified atom stereocenters. The summed E-state index contributed by atoms with van der Waals surface area (Å²) < 4.78 is 0. The first kappa shape index (κ1) is 15.5. The predicted molar refractivity (Wildman–Crippen MR) is 93.0 cm³/mol. The third-order valence-corrected chi connectivity index (χ3v) is 4.94. The topological polar surface area (TPSA) is 65.4 Å². The van der Waals surface area contributed by atoms with Crippen LogP contribution in [0, 0.1) is 0 Å². The molecule has 1 aliphatic carbocycles. The van der Waals surface area contributed by atoms with Crippen molar-refractivity contribution in [3.8, 4) is 11.4 Å². The lowest BCUT2D eigenvalue weighted by molar-refractivity contribution is 0.188. The van der Waals surface area contributed by atoms with E-state index in [1.165, 1.54) is 17.7 Å². The highest BCUT2D eigenvalue weighted by molar-refractivity contribution is 5.61. The molecule has 0 radical (unpaired) electrons. The van der Waals surface area contributed by atoms with Crippen molar-refractivity contribution >= 4 is 5.82 Å². The molecule has 6 nitrogen and oxygen atoms in total. The first-order valence-corrected chi connectivity index (χ1v) is 8.73. The lowest BCUT2D eigenvalue weighted by atomic mass is 10.2. The fourth-order valence-corrected chi connectivity index (χ4v) is 3.63. The second-order valence-corrected chi connectivity index (χ2v) is 6.44. The first-order valence-electron chi connectivity index (χ1n) is 8.73. The Labute approximate surface area is 142 Å². The van der Waals surface area contributed by atoms with E-state index >= 15 is 0 Å². The number of aromatic nitrogens is 3. The quantitative estimate of drug-likeness (QED) is 0.909. The number of anilines is 1. The summed E-state index contributed by atoms with van der Waals surface area (Å²) >= 11 is 0. The van der Waals surface area contributed by atoms with E-state index in [0.717, 1.165) is 62.8 Å². The molecule has 3 heterocycles. The van der Waals surface area contributed by atoms with Gasteiger partial charge in [0.05, 0.1) is 6.61 Å². The van der Waals surface area contributed by atoms with Crippen LogP contribution in [-0.4, -0.2) is 64.3 Å². The minimum absolute atomic E-state index is 0.231. The largest absolute Gasteiger partial charge is 0.395 e. The summed E-state index contributed by atoms with van der Waals surface area (Å²) in [6, 6.07) is 3.94. The molecule has 0 atom stereocenters. The number of aliphatic hydroxyl groups excluding tert-OH is 1. The minimum Gasteiger partial charge on any atom is -0.395 e. The van der Waals surface area contributed by atoms with Gasteiger partial charge in [-0.05, 0) is 31.4 Å². The Morgan fingerprint density at radius 3 is 2.54 bits per heavy atom. The van der Waals surface area contributed by atoms with Crippen LogP contribution >= 0.6 is 0 Å². The normalized spacial score (nSPS) is 18.0. The minimum atomic E-state index is 0.231. The average Bonchev–Trinajstić information content (AvgIpc) is 3.11. The van der Waals surface area contributed by atoms with E-state index in [0.29, 0.717) is 0 Å². The molecule has 1 saturated heterocycles. The SMILES string of the molecule is OCCN1CCN(c2nc(-c3ccncc3)nc3c2CCC3)CC1. The molecular formula is C18H23N5O. The van der Waals surface area contributed by atoms with Crippen LogP contribution in [0.3, 0.4) is 0 Å². The molecule has 1 fully saturated rings. The van der Waals surface area contributed by atoms with Crippen LogP contribution in [0.2, 0.25) is 0 Å². The van der Waals surface area contributed by atoms with E-state index in [4.69, 9.17) is 15.1 Å². The number of aliphatic hydroxyl groups is 1. The maximum absolute atomic E-state index is 9.11. The standard InChI is InChI=1S/C18H23N5O/c24-13-12-22-8-10-23(11-9-22)18-15-2-1-3-16(15)20-17(21-18)14-4-6-19-7-5-14/h4-7,24H,1-3,8-13H2. The molecule has 4 rings (SSSR count). The molecule has 0 amide bonds. The summed E-state index contributed by atoms with van der Waals surface area (Å²) in [7, 11) is 0. The smallest absolute Gasteiger partial charge is 0.161 e. The Bertz CT molecular complexity index is 698. The van der Waals surface area contributed by atoms with Crippen molar-refractivity contribution in [3.05, 3.63) is 35.8 Å². The van der Waals surface area contributed by atoms with Gasteiger partial charge in [0.2, 0.25) is 0 Å². The second-order valence-electron chi connectivity index (χ2n) is 6.44. The number of rotatable bonds is 4. The van der Waals surface area contributed by atoms with Gasteiger partial charge >= 0.3 is 0 Å². The van der Waals surface area contributed by atoms with Gasteiger partial charge in [0.1, 0.15) is 5.82 Å². The van der Waals surface area contributed by atoms with Gasteiger partial charge in [-0.1, -0.05) is 0 Å². The first-order chi connectivity index (χ1) is 11.8. The van der Waals surface area contributed by atoms with Gasteiger partial charge < -0.3 is 10.0 Å². The van der Waals surface area contributed by atoms with Crippen LogP contribution in [-0.2, 0) is 12.8 Å². The number of β-amino-alcohol motifs (C(OH)–C–C–N with tert-alkyl or cyclic N) is 1. The highest BCUT2D eigenvalue weighted by atomic mass is 16.3. The summed E-state index contributed by atoms with van der Waals surface area (Å²) in [6.07, 6.45) is 6.88. The number of piperazine rings is 1. The molecule has 24 heavy (non-hydrogen) atoms. The van der Waals surface area contributed by atoms with E-state index in [2.05, 4.69) is 14.8 Å². The summed E-state index contributed by atoms with van der Waals surface area (Å²) in [4.78, 5) is 18.5. The molecule has 0 spiro atoms. The van der Waals surface area contributed by atoms with Crippen molar-refractivity contribution in [1.82, 2.24) is 19.9 Å². The van der Waals surface area contributed by atoms with E-state index in [-0.39, 0.29) is 6.61 Å². The summed E-state index contributed by atoms with van der Waals surface area (Å²) in [6.45, 7) is 4.86. The van der Waals surface area contributed by atoms with Crippen LogP contribution in [0.1, 0.15) is 17.7 Å². The summed E-state index contributed by atoms with van der Waals surface area (Å²) in [5.41, 5.74) is 3.58. The van der Waals surface area contributed by atoms with Crippen LogP contribution in [0.25, 0.3) is 11.4 Å². The van der Waals surface area contributed by atoms with Crippen molar-refractivity contribution in [2.75, 3.05) is 44.2 Å². The predicted octanol–water partition coefficient (Wildman–Crippen LogP) is 1.14. The molecule has 6 heteroatoms. The zero-order chi connectivity index (χ0) is 16.4. The Morgan fingerprint density at radius 2 is 1.79 bits per heavy atom. The van der Waals surface area contributed by atoms with E-state index in [1.807, 2.05) is 12.1 Å². The molecule has 126 valence electrons. The molecule has 0 saturated carbocycles. The van der Waals surface area contributed by atoms with Crippen LogP contribution < -0.4 is 4.90 Å². The average molecular weight is 325 g/mol. The molecule has 2 aliphatic rings. The van der Waals surface area contributed by atoms with Gasteiger partial charge in [-0.15, -0.1) is 0 Å². The van der Waals surface area contributed by atoms with E-state index in [9.17, 15) is 0 Å². The molecule has 0 aromatic carbocycles. The monoisotopic (exact) mass is 325 g/mol. The zero-order valence-electron chi connectivity index (χ0n) is 13.9. The Balaban J connectivity index is 1.64. The van der Waals surface area contributed by atoms with Crippen LogP contribution in [0.5, 0.6) is 0 Å². The number of nitrogens with zero attached hydrogens (tertiary/aromatic N) is 5. The van der Waals surface area contributed by atoms with Crippen molar-refractivity contribution in [3.63, 3.8) is 0 Å². The second kappa shape index (κ2) is 6.83. The van der Waals surface area contributed by atoms with Crippen molar-refractivity contribution in [2.45, 2.75) is 19.3 Å². The fourth-order valence-electron chi connectivity index (χ4n) is 3.63. The Morgan fingerprint density at radius 1 is 1.00 bits per heavy atom. The van der Waals surface area contributed by atoms with Crippen LogP contribution in [0.15, 0.2) is 24.5 Å². The Kier molecular flexibility index (Phi) is 4.40. The molecular weight excluding hydrogens is 302 g/mol. The number of fused-ring (bicyclic) bond motifs is 1. The van der Waals surface area contributed by atoms with E-state index < -0.39 is 0 Å². The number of pyridine rings is 1. The number of hydrogen-bond acceptors (Lipinski definition) is 6. The van der Waals surface area contributed by atoms with Gasteiger partial charge in [0, 0.05) is 61.9 Å². The maximum Gasteiger partial charge on any atom is 0.161 e. The lowest BCUT2D eigenvalue weighted by Crippen LogP contribution is -2.47. The third kappa shape index (κ3) is 2.99. The summed E-state index contributed by atoms with van der Waals surface area (Å²) in [5.74, 6) is 1.93. The summed E-state index contributed by atoms with van der Waals surface area (Å²) in [5, 5.41) is 9.11. The van der Waals surface area contributed by atoms with Crippen molar-refractivity contribution in [1.29, 1.82) is 0 Å². The molecule has 1 N–H and O–H groups in total. The number of aryl methyl sites for hydroxylation is 1. The maximum atomic E-state index is 9.11. The highest BCUT2D eigenvalue weighted by Crippen LogP contribution is 2.31. The third-order valence-electron chi connectivity index (χ3n) is 4.94. The lowest BCUT2D eigenvalue weighted by Gasteiger charge is -2.36. The molecule has 1 aliphatic heterocycles. The van der Waals surface area contributed by atoms with Crippen LogP contribution in [0.4, 0.5) is 5.82 Å². The Hall–Kier alpha value is -2.05. The van der Waals surface area contributed by atoms with Gasteiger partial charge in [0.25, 0.3) is 0 Å².